The largest absolute Gasteiger partial charge is 0.435 e. The van der Waals surface area contributed by atoms with E-state index in [1.165, 1.54) is 25.1 Å². The van der Waals surface area contributed by atoms with Gasteiger partial charge in [0.1, 0.15) is 12.4 Å². The second kappa shape index (κ2) is 12.1. The maximum atomic E-state index is 14.5. The van der Waals surface area contributed by atoms with Gasteiger partial charge in [-0.25, -0.2) is 4.39 Å². The standard InChI is InChI=1S/C27H25ClF7N3O3/c1-4-6-17-16(5-2)19(24(40)36-12-22(39)37-13-26(30,31)32)8-7-18(17)21-11-25(41-38-21,27(33,34)35)15-9-14(3)23(29)20(28)10-15/h5-10H,4,11-13H2,1-3H3,(H,36,40)(H,37,39)/b16-5+,17-6+/t25-/m0/s1. The number of alkyl halides is 6. The summed E-state index contributed by atoms with van der Waals surface area (Å²) in [5.41, 5.74) is -3.34. The zero-order chi connectivity index (χ0) is 30.8. The zero-order valence-electron chi connectivity index (χ0n) is 22.0. The molecule has 3 rings (SSSR count). The van der Waals surface area contributed by atoms with Crippen LogP contribution >= 0.6 is 11.6 Å². The zero-order valence-corrected chi connectivity index (χ0v) is 22.7. The number of rotatable bonds is 7. The minimum absolute atomic E-state index is 0.0297. The minimum Gasteiger partial charge on any atom is -0.374 e. The SMILES string of the molecule is C/C=c1/c(C(=O)NCC(=O)NCC(F)(F)F)ccc(C2=NO[C@@](c3cc(C)c(F)c(Cl)c3)(C(F)(F)F)C2)/c1=C/CC. The van der Waals surface area contributed by atoms with Crippen LogP contribution in [0.2, 0.25) is 5.02 Å². The Morgan fingerprint density at radius 1 is 1.12 bits per heavy atom. The number of amides is 2. The summed E-state index contributed by atoms with van der Waals surface area (Å²) in [5.74, 6) is -2.71. The van der Waals surface area contributed by atoms with E-state index in [1.807, 2.05) is 0 Å². The predicted molar refractivity (Wildman–Crippen MR) is 138 cm³/mol. The van der Waals surface area contributed by atoms with Crippen LogP contribution in [0.1, 0.15) is 53.7 Å². The molecule has 0 aliphatic carbocycles. The third-order valence-electron chi connectivity index (χ3n) is 6.30. The molecule has 0 bridgehead atoms. The fraction of sp³-hybridized carbons (Fsp3) is 0.370. The number of nitrogens with zero attached hydrogens (tertiary/aromatic N) is 1. The maximum absolute atomic E-state index is 14.5. The van der Waals surface area contributed by atoms with Crippen molar-refractivity contribution in [1.82, 2.24) is 10.6 Å². The van der Waals surface area contributed by atoms with Gasteiger partial charge in [0.05, 0.1) is 17.3 Å². The quantitative estimate of drug-likeness (QED) is 0.445. The van der Waals surface area contributed by atoms with E-state index in [-0.39, 0.29) is 22.4 Å². The smallest absolute Gasteiger partial charge is 0.374 e. The van der Waals surface area contributed by atoms with Crippen LogP contribution < -0.4 is 21.1 Å². The number of carbonyl (C=O) groups excluding carboxylic acids is 2. The van der Waals surface area contributed by atoms with Crippen molar-refractivity contribution >= 4 is 41.3 Å². The molecule has 41 heavy (non-hydrogen) atoms. The summed E-state index contributed by atoms with van der Waals surface area (Å²) in [6.07, 6.45) is -6.79. The van der Waals surface area contributed by atoms with Crippen LogP contribution in [0.25, 0.3) is 12.2 Å². The monoisotopic (exact) mass is 607 g/mol. The van der Waals surface area contributed by atoms with Gasteiger partial charge < -0.3 is 15.5 Å². The second-order valence-electron chi connectivity index (χ2n) is 9.18. The van der Waals surface area contributed by atoms with E-state index in [0.717, 1.165) is 12.1 Å². The van der Waals surface area contributed by atoms with Gasteiger partial charge in [-0.1, -0.05) is 41.9 Å². The van der Waals surface area contributed by atoms with Gasteiger partial charge in [0.25, 0.3) is 11.5 Å². The van der Waals surface area contributed by atoms with Crippen LogP contribution in [0.3, 0.4) is 0 Å². The predicted octanol–water partition coefficient (Wildman–Crippen LogP) is 4.77. The highest BCUT2D eigenvalue weighted by molar-refractivity contribution is 6.30. The summed E-state index contributed by atoms with van der Waals surface area (Å²) in [7, 11) is 0. The Morgan fingerprint density at radius 3 is 2.37 bits per heavy atom. The Bertz CT molecular complexity index is 1480. The van der Waals surface area contributed by atoms with E-state index in [0.29, 0.717) is 16.9 Å². The van der Waals surface area contributed by atoms with Crippen molar-refractivity contribution in [3.63, 3.8) is 0 Å². The van der Waals surface area contributed by atoms with E-state index < -0.39 is 65.7 Å². The van der Waals surface area contributed by atoms with Gasteiger partial charge in [-0.3, -0.25) is 9.59 Å². The van der Waals surface area contributed by atoms with Crippen molar-refractivity contribution in [3.8, 4) is 0 Å². The lowest BCUT2D eigenvalue weighted by molar-refractivity contribution is -0.275. The van der Waals surface area contributed by atoms with Gasteiger partial charge in [0.2, 0.25) is 5.91 Å². The third-order valence-corrected chi connectivity index (χ3v) is 6.57. The van der Waals surface area contributed by atoms with E-state index in [2.05, 4.69) is 10.5 Å². The number of hydrogen-bond donors (Lipinski definition) is 2. The van der Waals surface area contributed by atoms with Crippen molar-refractivity contribution < 1.29 is 45.2 Å². The first-order valence-corrected chi connectivity index (χ1v) is 12.6. The van der Waals surface area contributed by atoms with Crippen LogP contribution in [0.5, 0.6) is 0 Å². The molecule has 0 unspecified atom stereocenters. The topological polar surface area (TPSA) is 79.8 Å². The van der Waals surface area contributed by atoms with Crippen LogP contribution in [0.4, 0.5) is 30.7 Å². The lowest BCUT2D eigenvalue weighted by Gasteiger charge is -2.30. The summed E-state index contributed by atoms with van der Waals surface area (Å²) >= 11 is 5.84. The Kier molecular flexibility index (Phi) is 9.41. The first-order chi connectivity index (χ1) is 19.0. The molecule has 2 amide bonds. The minimum atomic E-state index is -4.98. The molecule has 2 N–H and O–H groups in total. The summed E-state index contributed by atoms with van der Waals surface area (Å²) in [6.45, 7) is 2.31. The average Bonchev–Trinajstić information content (AvgIpc) is 3.35. The molecule has 0 aromatic heterocycles. The highest BCUT2D eigenvalue weighted by atomic mass is 35.5. The van der Waals surface area contributed by atoms with Crippen molar-refractivity contribution in [2.24, 2.45) is 5.16 Å². The molecular formula is C27H25ClF7N3O3. The Hall–Kier alpha value is -3.61. The summed E-state index contributed by atoms with van der Waals surface area (Å²) < 4.78 is 94.5. The van der Waals surface area contributed by atoms with Crippen molar-refractivity contribution in [2.45, 2.75) is 51.6 Å². The van der Waals surface area contributed by atoms with Gasteiger partial charge in [0.15, 0.2) is 0 Å². The molecule has 2 aromatic carbocycles. The molecule has 0 radical (unpaired) electrons. The lowest BCUT2D eigenvalue weighted by atomic mass is 9.85. The van der Waals surface area contributed by atoms with Crippen LogP contribution in [-0.4, -0.2) is 43.0 Å². The summed E-state index contributed by atoms with van der Waals surface area (Å²) in [5, 5.41) is 7.78. The lowest BCUT2D eigenvalue weighted by Crippen LogP contribution is -2.44. The molecule has 1 heterocycles. The fourth-order valence-corrected chi connectivity index (χ4v) is 4.61. The van der Waals surface area contributed by atoms with Crippen molar-refractivity contribution in [2.75, 3.05) is 13.1 Å². The van der Waals surface area contributed by atoms with Crippen molar-refractivity contribution in [1.29, 1.82) is 0 Å². The van der Waals surface area contributed by atoms with E-state index in [4.69, 9.17) is 16.4 Å². The summed E-state index contributed by atoms with van der Waals surface area (Å²) in [6, 6.07) is 4.51. The maximum Gasteiger partial charge on any atom is 0.435 e. The number of aryl methyl sites for hydroxylation is 1. The number of oxime groups is 1. The molecule has 6 nitrogen and oxygen atoms in total. The van der Waals surface area contributed by atoms with Gasteiger partial charge in [-0.2, -0.15) is 26.3 Å². The number of halogens is 8. The molecule has 0 saturated heterocycles. The highest BCUT2D eigenvalue weighted by Gasteiger charge is 2.62. The Labute approximate surface area is 234 Å². The van der Waals surface area contributed by atoms with Crippen LogP contribution in [-0.2, 0) is 15.2 Å². The average molecular weight is 608 g/mol. The molecule has 1 aliphatic heterocycles. The second-order valence-corrected chi connectivity index (χ2v) is 9.59. The number of nitrogens with one attached hydrogen (secondary N) is 2. The van der Waals surface area contributed by atoms with Gasteiger partial charge >= 0.3 is 12.4 Å². The van der Waals surface area contributed by atoms with Crippen LogP contribution in [0.15, 0.2) is 29.4 Å². The van der Waals surface area contributed by atoms with Gasteiger partial charge in [-0.05, 0) is 54.5 Å². The number of benzene rings is 2. The molecule has 14 heteroatoms. The first kappa shape index (κ1) is 31.9. The molecular weight excluding hydrogens is 583 g/mol. The molecule has 0 fully saturated rings. The van der Waals surface area contributed by atoms with Crippen LogP contribution in [0, 0.1) is 12.7 Å². The highest BCUT2D eigenvalue weighted by Crippen LogP contribution is 2.49. The number of carbonyl (C=O) groups is 2. The van der Waals surface area contributed by atoms with Gasteiger partial charge in [-0.15, -0.1) is 0 Å². The van der Waals surface area contributed by atoms with E-state index in [9.17, 15) is 40.3 Å². The number of hydrogen-bond acceptors (Lipinski definition) is 4. The van der Waals surface area contributed by atoms with Crippen molar-refractivity contribution in [3.05, 3.63) is 67.8 Å². The van der Waals surface area contributed by atoms with E-state index in [1.54, 1.807) is 25.2 Å². The molecule has 2 aromatic rings. The molecule has 0 spiro atoms. The normalized spacial score (nSPS) is 18.3. The first-order valence-electron chi connectivity index (χ1n) is 12.2. The van der Waals surface area contributed by atoms with Gasteiger partial charge in [0, 0.05) is 23.1 Å². The Morgan fingerprint density at radius 2 is 1.80 bits per heavy atom. The summed E-state index contributed by atoms with van der Waals surface area (Å²) in [4.78, 5) is 29.6. The molecule has 1 atom stereocenters. The fourth-order valence-electron chi connectivity index (χ4n) is 4.35. The third kappa shape index (κ3) is 6.83. The molecule has 1 aliphatic rings. The molecule has 222 valence electrons. The Balaban J connectivity index is 1.99. The molecule has 0 saturated carbocycles. The van der Waals surface area contributed by atoms with E-state index >= 15 is 0 Å².